The molecule has 0 aliphatic carbocycles. The van der Waals surface area contributed by atoms with Crippen LogP contribution in [-0.4, -0.2) is 0 Å². The monoisotopic (exact) mass is 128 g/mol. The fourth-order valence-corrected chi connectivity index (χ4v) is 1.44. The van der Waals surface area contributed by atoms with Crippen LogP contribution in [0, 0.1) is 0 Å². The Balaban J connectivity index is 2.92. The molecule has 0 saturated heterocycles. The van der Waals surface area contributed by atoms with Crippen LogP contribution in [-0.2, 0) is 6.42 Å². The molecule has 0 bridgehead atoms. The van der Waals surface area contributed by atoms with E-state index in [2.05, 4.69) is 24.1 Å². The first-order chi connectivity index (χ1) is 3.84. The van der Waals surface area contributed by atoms with Crippen LogP contribution in [0.2, 0.25) is 0 Å². The third-order valence-corrected chi connectivity index (χ3v) is 2.04. The molecule has 0 aromatic carbocycles. The molecule has 1 heterocycles. The summed E-state index contributed by atoms with van der Waals surface area (Å²) in [6.07, 6.45) is 1.11. The molecule has 1 aromatic heterocycles. The van der Waals surface area contributed by atoms with Crippen molar-refractivity contribution in [3.8, 4) is 0 Å². The Kier molecular flexibility index (Phi) is 1.65. The van der Waals surface area contributed by atoms with Gasteiger partial charge in [0.2, 0.25) is 0 Å². The van der Waals surface area contributed by atoms with Gasteiger partial charge in [-0.05, 0) is 17.9 Å². The van der Waals surface area contributed by atoms with E-state index in [0.29, 0.717) is 0 Å². The molecule has 1 nitrogen and oxygen atoms in total. The van der Waals surface area contributed by atoms with E-state index in [4.69, 9.17) is 0 Å². The summed E-state index contributed by atoms with van der Waals surface area (Å²) in [5.74, 6) is 0. The summed E-state index contributed by atoms with van der Waals surface area (Å²) in [5.41, 5.74) is 5.25. The highest BCUT2D eigenvalue weighted by molar-refractivity contribution is 7.13. The van der Waals surface area contributed by atoms with Crippen molar-refractivity contribution in [2.24, 2.45) is 0 Å². The van der Waals surface area contributed by atoms with Crippen LogP contribution in [0.15, 0.2) is 11.4 Å². The van der Waals surface area contributed by atoms with Crippen LogP contribution in [0.3, 0.4) is 0 Å². The summed E-state index contributed by atoms with van der Waals surface area (Å²) >= 11 is 1.72. The van der Waals surface area contributed by atoms with Gasteiger partial charge in [-0.1, -0.05) is 18.3 Å². The Morgan fingerprint density at radius 2 is 2.50 bits per heavy atom. The first kappa shape index (κ1) is 5.79. The highest BCUT2D eigenvalue weighted by Gasteiger charge is 1.97. The molecule has 0 amide bonds. The van der Waals surface area contributed by atoms with Gasteiger partial charge in [-0.2, -0.15) is 0 Å². The lowest BCUT2D eigenvalue weighted by Gasteiger charge is -1.83. The molecule has 0 aliphatic heterocycles. The van der Waals surface area contributed by atoms with Gasteiger partial charge in [0.05, 0.1) is 0 Å². The molecular formula is C6H10NS+. The van der Waals surface area contributed by atoms with E-state index < -0.39 is 0 Å². The summed E-state index contributed by atoms with van der Waals surface area (Å²) in [7, 11) is 0. The molecule has 0 radical (unpaired) electrons. The molecule has 1 rings (SSSR count). The van der Waals surface area contributed by atoms with Crippen molar-refractivity contribution in [1.29, 1.82) is 0 Å². The Morgan fingerprint density at radius 3 is 2.75 bits per heavy atom. The van der Waals surface area contributed by atoms with Crippen molar-refractivity contribution in [1.82, 2.24) is 0 Å². The highest BCUT2D eigenvalue weighted by Crippen LogP contribution is 2.16. The SMILES string of the molecule is CCc1ccsc1[NH3+]. The minimum Gasteiger partial charge on any atom is -0.316 e. The lowest BCUT2D eigenvalue weighted by atomic mass is 10.2. The fraction of sp³-hybridized carbons (Fsp3) is 0.333. The van der Waals surface area contributed by atoms with Gasteiger partial charge in [0, 0.05) is 5.56 Å². The molecule has 3 N–H and O–H groups in total. The zero-order chi connectivity index (χ0) is 5.98. The zero-order valence-corrected chi connectivity index (χ0v) is 5.79. The van der Waals surface area contributed by atoms with Crippen molar-refractivity contribution in [3.63, 3.8) is 0 Å². The lowest BCUT2D eigenvalue weighted by Crippen LogP contribution is -2.39. The molecule has 0 atom stereocenters. The predicted octanol–water partition coefficient (Wildman–Crippen LogP) is 1.18. The number of aryl methyl sites for hydroxylation is 1. The maximum absolute atomic E-state index is 3.87. The third kappa shape index (κ3) is 0.904. The molecule has 0 saturated carbocycles. The van der Waals surface area contributed by atoms with Crippen LogP contribution in [0.25, 0.3) is 0 Å². The van der Waals surface area contributed by atoms with Crippen LogP contribution in [0.1, 0.15) is 12.5 Å². The number of hydrogen-bond acceptors (Lipinski definition) is 1. The van der Waals surface area contributed by atoms with Gasteiger partial charge in [-0.15, -0.1) is 0 Å². The molecule has 0 spiro atoms. The fourth-order valence-electron chi connectivity index (χ4n) is 0.682. The minimum atomic E-state index is 1.11. The molecule has 0 aliphatic rings. The van der Waals surface area contributed by atoms with Crippen molar-refractivity contribution in [2.45, 2.75) is 13.3 Å². The van der Waals surface area contributed by atoms with Crippen LogP contribution >= 0.6 is 11.3 Å². The second-order valence-corrected chi connectivity index (χ2v) is 2.72. The average molecular weight is 128 g/mol. The summed E-state index contributed by atoms with van der Waals surface area (Å²) < 4.78 is 0. The van der Waals surface area contributed by atoms with Gasteiger partial charge in [0.25, 0.3) is 0 Å². The summed E-state index contributed by atoms with van der Waals surface area (Å²) in [6.45, 7) is 2.15. The standard InChI is InChI=1S/C6H9NS/c1-2-5-3-4-8-6(5)7/h3-4H,2,7H2,1H3/p+1. The first-order valence-electron chi connectivity index (χ1n) is 2.73. The number of thiophene rings is 1. The summed E-state index contributed by atoms with van der Waals surface area (Å²) in [5, 5.41) is 3.30. The minimum absolute atomic E-state index is 1.11. The van der Waals surface area contributed by atoms with E-state index in [1.54, 1.807) is 11.3 Å². The zero-order valence-electron chi connectivity index (χ0n) is 4.98. The Morgan fingerprint density at radius 1 is 1.75 bits per heavy atom. The number of hydrogen-bond donors (Lipinski definition) is 1. The molecule has 0 unspecified atom stereocenters. The molecule has 8 heavy (non-hydrogen) atoms. The van der Waals surface area contributed by atoms with Gasteiger partial charge in [-0.25, -0.2) is 0 Å². The van der Waals surface area contributed by atoms with Crippen LogP contribution < -0.4 is 5.73 Å². The van der Waals surface area contributed by atoms with E-state index in [-0.39, 0.29) is 0 Å². The molecule has 2 heteroatoms. The lowest BCUT2D eigenvalue weighted by molar-refractivity contribution is -0.249. The molecule has 44 valence electrons. The van der Waals surface area contributed by atoms with E-state index >= 15 is 0 Å². The Labute approximate surface area is 53.1 Å². The van der Waals surface area contributed by atoms with Gasteiger partial charge < -0.3 is 5.73 Å². The highest BCUT2D eigenvalue weighted by atomic mass is 32.1. The average Bonchev–Trinajstić information content (AvgIpc) is 2.14. The van der Waals surface area contributed by atoms with E-state index in [9.17, 15) is 0 Å². The topological polar surface area (TPSA) is 27.6 Å². The molecule has 1 aromatic rings. The van der Waals surface area contributed by atoms with Crippen molar-refractivity contribution < 1.29 is 5.73 Å². The van der Waals surface area contributed by atoms with Crippen molar-refractivity contribution in [3.05, 3.63) is 17.0 Å². The smallest absolute Gasteiger partial charge is 0.186 e. The van der Waals surface area contributed by atoms with Gasteiger partial charge >= 0.3 is 0 Å². The first-order valence-corrected chi connectivity index (χ1v) is 3.61. The second-order valence-electron chi connectivity index (χ2n) is 1.72. The van der Waals surface area contributed by atoms with E-state index in [1.807, 2.05) is 0 Å². The maximum Gasteiger partial charge on any atom is 0.186 e. The summed E-state index contributed by atoms with van der Waals surface area (Å²) in [4.78, 5) is 0. The van der Waals surface area contributed by atoms with E-state index in [1.165, 1.54) is 10.6 Å². The largest absolute Gasteiger partial charge is 0.316 e. The van der Waals surface area contributed by atoms with Gasteiger partial charge in [0.15, 0.2) is 5.00 Å². The second kappa shape index (κ2) is 2.29. The third-order valence-electron chi connectivity index (χ3n) is 1.22. The van der Waals surface area contributed by atoms with Crippen LogP contribution in [0.5, 0.6) is 0 Å². The Bertz CT molecular complexity index is 169. The van der Waals surface area contributed by atoms with Crippen molar-refractivity contribution >= 4 is 16.3 Å². The predicted molar refractivity (Wildman–Crippen MR) is 36.2 cm³/mol. The molecular weight excluding hydrogens is 118 g/mol. The number of rotatable bonds is 1. The van der Waals surface area contributed by atoms with Gasteiger partial charge in [-0.3, -0.25) is 0 Å². The normalized spacial score (nSPS) is 9.75. The number of quaternary nitrogens is 1. The van der Waals surface area contributed by atoms with Gasteiger partial charge in [0.1, 0.15) is 0 Å². The molecule has 0 fully saturated rings. The summed E-state index contributed by atoms with van der Waals surface area (Å²) in [6, 6.07) is 2.13. The maximum atomic E-state index is 3.87. The van der Waals surface area contributed by atoms with Crippen LogP contribution in [0.4, 0.5) is 5.00 Å². The quantitative estimate of drug-likeness (QED) is 0.588. The van der Waals surface area contributed by atoms with Crippen molar-refractivity contribution in [2.75, 3.05) is 0 Å². The van der Waals surface area contributed by atoms with E-state index in [0.717, 1.165) is 6.42 Å². The Hall–Kier alpha value is -0.340.